The van der Waals surface area contributed by atoms with Gasteiger partial charge in [-0.15, -0.1) is 0 Å². The first kappa shape index (κ1) is 13.6. The Balaban J connectivity index is 1.79. The van der Waals surface area contributed by atoms with E-state index in [9.17, 15) is 9.90 Å². The van der Waals surface area contributed by atoms with E-state index in [1.807, 2.05) is 0 Å². The fourth-order valence-electron chi connectivity index (χ4n) is 3.71. The van der Waals surface area contributed by atoms with E-state index >= 15 is 0 Å². The molecule has 1 amide bonds. The molecule has 1 aliphatic carbocycles. The van der Waals surface area contributed by atoms with E-state index < -0.39 is 0 Å². The Morgan fingerprint density at radius 1 is 1.43 bits per heavy atom. The van der Waals surface area contributed by atoms with Crippen LogP contribution in [0.1, 0.15) is 29.6 Å². The van der Waals surface area contributed by atoms with E-state index in [0.717, 1.165) is 49.9 Å². The molecule has 108 valence electrons. The SMILES string of the molecule is COc1cc2c(cc1O)[N]([In])CC1CC3(CC3)CN1C2=O. The number of ether oxygens (including phenoxy) is 1. The Hall–Kier alpha value is -1.04. The standard InChI is InChI=1S/C15H18N2O3.In/c1-20-13-4-10-11(5-12(13)18)16-7-9-6-15(2-3-15)8-17(9)14(10)19;/h4-5,9H,2-3,6-8H2,1H3,(H2,16,18,19);/q;+1/p-1. The van der Waals surface area contributed by atoms with Crippen LogP contribution in [0.3, 0.4) is 0 Å². The molecule has 2 heterocycles. The molecule has 1 spiro atoms. The van der Waals surface area contributed by atoms with Crippen molar-refractivity contribution >= 4 is 36.3 Å². The number of benzene rings is 1. The number of phenolic OH excluding ortho intramolecular Hbond substituents is 1. The zero-order valence-corrected chi connectivity index (χ0v) is 15.3. The van der Waals surface area contributed by atoms with Crippen molar-refractivity contribution in [2.75, 3.05) is 23.1 Å². The van der Waals surface area contributed by atoms with Gasteiger partial charge in [0.2, 0.25) is 0 Å². The van der Waals surface area contributed by atoms with Gasteiger partial charge < -0.3 is 0 Å². The van der Waals surface area contributed by atoms with Crippen molar-refractivity contribution in [1.29, 1.82) is 0 Å². The number of phenols is 1. The number of aromatic hydroxyl groups is 1. The minimum absolute atomic E-state index is 0.0916. The van der Waals surface area contributed by atoms with E-state index in [1.165, 1.54) is 20.0 Å². The van der Waals surface area contributed by atoms with Crippen LogP contribution in [0.2, 0.25) is 0 Å². The molecule has 2 radical (unpaired) electrons. The number of hydrogen-bond donors (Lipinski definition) is 1. The topological polar surface area (TPSA) is 53.0 Å². The summed E-state index contributed by atoms with van der Waals surface area (Å²) in [6.45, 7) is 1.78. The number of carbonyl (C=O) groups is 1. The van der Waals surface area contributed by atoms with Crippen molar-refractivity contribution in [1.82, 2.24) is 4.90 Å². The van der Waals surface area contributed by atoms with Crippen LogP contribution in [0.15, 0.2) is 12.1 Å². The molecule has 0 bridgehead atoms. The predicted molar refractivity (Wildman–Crippen MR) is 78.9 cm³/mol. The van der Waals surface area contributed by atoms with Gasteiger partial charge in [-0.05, 0) is 0 Å². The number of fused-ring (bicyclic) bond motifs is 2. The molecule has 2 fully saturated rings. The molecule has 0 aromatic heterocycles. The molecule has 1 aromatic rings. The third kappa shape index (κ3) is 2.02. The summed E-state index contributed by atoms with van der Waals surface area (Å²) in [6, 6.07) is 3.68. The van der Waals surface area contributed by atoms with Gasteiger partial charge in [0, 0.05) is 0 Å². The van der Waals surface area contributed by atoms with Crippen LogP contribution in [0.5, 0.6) is 11.5 Å². The Kier molecular flexibility index (Phi) is 2.90. The third-order valence-corrected chi connectivity index (χ3v) is 6.47. The second-order valence-corrected chi connectivity index (χ2v) is 8.26. The van der Waals surface area contributed by atoms with Crippen LogP contribution in [0.25, 0.3) is 0 Å². The Bertz CT molecular complexity index is 630. The molecule has 3 aliphatic rings. The van der Waals surface area contributed by atoms with Crippen LogP contribution < -0.4 is 7.62 Å². The summed E-state index contributed by atoms with van der Waals surface area (Å²) < 4.78 is 7.38. The number of nitrogens with zero attached hydrogens (tertiary/aromatic N) is 2. The molecule has 5 nitrogen and oxygen atoms in total. The number of methoxy groups -OCH3 is 1. The zero-order valence-electron chi connectivity index (χ0n) is 12.0. The first-order chi connectivity index (χ1) is 10.0. The molecule has 21 heavy (non-hydrogen) atoms. The van der Waals surface area contributed by atoms with Crippen molar-refractivity contribution in [2.45, 2.75) is 25.3 Å². The van der Waals surface area contributed by atoms with Gasteiger partial charge in [0.05, 0.1) is 0 Å². The van der Waals surface area contributed by atoms with Gasteiger partial charge in [0.25, 0.3) is 0 Å². The van der Waals surface area contributed by atoms with E-state index in [0.29, 0.717) is 22.8 Å². The van der Waals surface area contributed by atoms with E-state index in [-0.39, 0.29) is 11.7 Å². The summed E-state index contributed by atoms with van der Waals surface area (Å²) in [5, 5.41) is 10.00. The Labute approximate surface area is 138 Å². The summed E-state index contributed by atoms with van der Waals surface area (Å²) in [7, 11) is 1.51. The van der Waals surface area contributed by atoms with E-state index in [2.05, 4.69) is 7.79 Å². The van der Waals surface area contributed by atoms with E-state index in [4.69, 9.17) is 4.74 Å². The fraction of sp³-hybridized carbons (Fsp3) is 0.533. The number of anilines is 1. The molecule has 1 saturated carbocycles. The molecule has 2 aliphatic heterocycles. The van der Waals surface area contributed by atoms with Gasteiger partial charge >= 0.3 is 139 Å². The molecular weight excluding hydrogens is 371 g/mol. The molecule has 1 unspecified atom stereocenters. The molecule has 6 heteroatoms. The Morgan fingerprint density at radius 2 is 2.19 bits per heavy atom. The summed E-state index contributed by atoms with van der Waals surface area (Å²) in [5.74, 6) is 0.563. The number of rotatable bonds is 1. The predicted octanol–water partition coefficient (Wildman–Crippen LogP) is 1.30. The van der Waals surface area contributed by atoms with Crippen molar-refractivity contribution in [3.8, 4) is 11.5 Å². The van der Waals surface area contributed by atoms with Gasteiger partial charge in [0.15, 0.2) is 0 Å². The third-order valence-electron chi connectivity index (χ3n) is 5.08. The molecule has 1 saturated heterocycles. The average Bonchev–Trinajstić information content (AvgIpc) is 3.13. The first-order valence-electron chi connectivity index (χ1n) is 7.27. The van der Waals surface area contributed by atoms with Gasteiger partial charge in [-0.3, -0.25) is 0 Å². The maximum absolute atomic E-state index is 12.9. The zero-order chi connectivity index (χ0) is 14.8. The molecule has 4 rings (SSSR count). The van der Waals surface area contributed by atoms with Crippen LogP contribution in [-0.4, -0.2) is 66.8 Å². The quantitative estimate of drug-likeness (QED) is 0.789. The maximum atomic E-state index is 12.9. The van der Waals surface area contributed by atoms with Gasteiger partial charge in [-0.2, -0.15) is 0 Å². The summed E-state index contributed by atoms with van der Waals surface area (Å²) in [4.78, 5) is 15.0. The number of carbonyl (C=O) groups excluding carboxylic acids is 1. The second-order valence-electron chi connectivity index (χ2n) is 6.48. The molecule has 1 N–H and O–H groups in total. The second kappa shape index (κ2) is 4.48. The number of hydrogen-bond acceptors (Lipinski definition) is 4. The van der Waals surface area contributed by atoms with Crippen molar-refractivity contribution in [2.24, 2.45) is 5.41 Å². The van der Waals surface area contributed by atoms with Crippen molar-refractivity contribution in [3.05, 3.63) is 17.7 Å². The van der Waals surface area contributed by atoms with Crippen molar-refractivity contribution < 1.29 is 14.6 Å². The molecular formula is C15H17InN2O3. The monoisotopic (exact) mass is 388 g/mol. The van der Waals surface area contributed by atoms with Crippen LogP contribution >= 0.6 is 0 Å². The van der Waals surface area contributed by atoms with Gasteiger partial charge in [0.1, 0.15) is 0 Å². The number of amides is 1. The summed E-state index contributed by atoms with van der Waals surface area (Å²) >= 11 is 0.906. The fourth-order valence-corrected chi connectivity index (χ4v) is 5.02. The van der Waals surface area contributed by atoms with Crippen LogP contribution in [-0.2, 0) is 0 Å². The molecule has 1 aromatic carbocycles. The summed E-state index contributed by atoms with van der Waals surface area (Å²) in [6.07, 6.45) is 3.66. The normalized spacial score (nSPS) is 25.6. The minimum atomic E-state index is 0.0916. The summed E-state index contributed by atoms with van der Waals surface area (Å²) in [5.41, 5.74) is 1.93. The van der Waals surface area contributed by atoms with Gasteiger partial charge in [-0.1, -0.05) is 0 Å². The Morgan fingerprint density at radius 3 is 2.86 bits per heavy atom. The molecule has 1 atom stereocenters. The van der Waals surface area contributed by atoms with Crippen molar-refractivity contribution in [3.63, 3.8) is 0 Å². The van der Waals surface area contributed by atoms with Crippen LogP contribution in [0, 0.1) is 5.41 Å². The average molecular weight is 388 g/mol. The van der Waals surface area contributed by atoms with Crippen LogP contribution in [0.4, 0.5) is 5.69 Å². The van der Waals surface area contributed by atoms with Gasteiger partial charge in [-0.25, -0.2) is 0 Å². The van der Waals surface area contributed by atoms with E-state index in [1.54, 1.807) is 12.1 Å². The first-order valence-corrected chi connectivity index (χ1v) is 8.75.